The summed E-state index contributed by atoms with van der Waals surface area (Å²) in [6, 6.07) is 1.97. The van der Waals surface area contributed by atoms with E-state index in [-0.39, 0.29) is 18.5 Å². The zero-order valence-electron chi connectivity index (χ0n) is 7.53. The second-order valence-electron chi connectivity index (χ2n) is 3.26. The van der Waals surface area contributed by atoms with Crippen LogP contribution in [-0.4, -0.2) is 41.3 Å². The molecule has 5 heteroatoms. The maximum Gasteiger partial charge on any atom is 0.407 e. The van der Waals surface area contributed by atoms with Crippen molar-refractivity contribution >= 4 is 6.09 Å². The molecule has 0 bridgehead atoms. The first kappa shape index (κ1) is 9.81. The predicted octanol–water partition coefficient (Wildman–Crippen LogP) is 0.240. The molecule has 1 amide bonds. The van der Waals surface area contributed by atoms with Crippen molar-refractivity contribution in [2.45, 2.75) is 25.4 Å². The van der Waals surface area contributed by atoms with Crippen molar-refractivity contribution < 1.29 is 9.90 Å². The molecule has 72 valence electrons. The van der Waals surface area contributed by atoms with Crippen LogP contribution in [0, 0.1) is 11.3 Å². The summed E-state index contributed by atoms with van der Waals surface area (Å²) in [6.45, 7) is 2.96. The molecule has 0 aromatic rings. The Kier molecular flexibility index (Phi) is 3.09. The first-order chi connectivity index (χ1) is 6.15. The van der Waals surface area contributed by atoms with Crippen LogP contribution < -0.4 is 5.32 Å². The van der Waals surface area contributed by atoms with Crippen LogP contribution in [0.3, 0.4) is 0 Å². The molecular weight excluding hydrogens is 170 g/mol. The molecule has 0 spiro atoms. The number of nitrogens with one attached hydrogen (secondary N) is 1. The molecule has 1 saturated heterocycles. The third-order valence-electron chi connectivity index (χ3n) is 2.19. The molecule has 13 heavy (non-hydrogen) atoms. The molecular formula is C8H13N3O2. The summed E-state index contributed by atoms with van der Waals surface area (Å²) < 4.78 is 0. The number of nitriles is 1. The van der Waals surface area contributed by atoms with Crippen LogP contribution in [0.25, 0.3) is 0 Å². The Labute approximate surface area is 76.9 Å². The van der Waals surface area contributed by atoms with Gasteiger partial charge in [-0.25, -0.2) is 4.79 Å². The number of carbonyl (C=O) groups is 1. The number of rotatable bonds is 1. The van der Waals surface area contributed by atoms with Gasteiger partial charge in [0.15, 0.2) is 0 Å². The summed E-state index contributed by atoms with van der Waals surface area (Å²) in [5.74, 6) is 0. The first-order valence-electron chi connectivity index (χ1n) is 4.25. The van der Waals surface area contributed by atoms with Crippen molar-refractivity contribution in [1.82, 2.24) is 10.2 Å². The molecule has 2 atom stereocenters. The summed E-state index contributed by atoms with van der Waals surface area (Å²) in [5, 5.41) is 20.5. The Morgan fingerprint density at radius 1 is 1.85 bits per heavy atom. The summed E-state index contributed by atoms with van der Waals surface area (Å²) in [4.78, 5) is 12.1. The maximum absolute atomic E-state index is 10.8. The average molecular weight is 183 g/mol. The van der Waals surface area contributed by atoms with E-state index >= 15 is 0 Å². The van der Waals surface area contributed by atoms with E-state index in [4.69, 9.17) is 10.4 Å². The van der Waals surface area contributed by atoms with E-state index in [1.54, 1.807) is 0 Å². The first-order valence-corrected chi connectivity index (χ1v) is 4.25. The van der Waals surface area contributed by atoms with Gasteiger partial charge in [-0.1, -0.05) is 0 Å². The smallest absolute Gasteiger partial charge is 0.407 e. The molecule has 1 aliphatic rings. The fourth-order valence-corrected chi connectivity index (χ4v) is 1.48. The molecule has 5 nitrogen and oxygen atoms in total. The van der Waals surface area contributed by atoms with E-state index < -0.39 is 6.09 Å². The predicted molar refractivity (Wildman–Crippen MR) is 46.2 cm³/mol. The summed E-state index contributed by atoms with van der Waals surface area (Å²) in [6.07, 6.45) is -0.681. The monoisotopic (exact) mass is 183 g/mol. The van der Waals surface area contributed by atoms with Crippen molar-refractivity contribution in [1.29, 1.82) is 5.26 Å². The topological polar surface area (TPSA) is 76.4 Å². The van der Waals surface area contributed by atoms with Crippen LogP contribution in [0.1, 0.15) is 13.3 Å². The van der Waals surface area contributed by atoms with Crippen molar-refractivity contribution in [3.05, 3.63) is 0 Å². The SMILES string of the molecule is C[C@@H]1CN(C(=O)O)[C@@H](CC#N)CN1. The van der Waals surface area contributed by atoms with Gasteiger partial charge in [0.2, 0.25) is 0 Å². The minimum Gasteiger partial charge on any atom is -0.465 e. The number of nitrogens with zero attached hydrogens (tertiary/aromatic N) is 2. The van der Waals surface area contributed by atoms with Gasteiger partial charge >= 0.3 is 6.09 Å². The molecule has 0 radical (unpaired) electrons. The Balaban J connectivity index is 2.61. The lowest BCUT2D eigenvalue weighted by molar-refractivity contribution is 0.102. The number of carboxylic acid groups (broad SMARTS) is 1. The maximum atomic E-state index is 10.8. The standard InChI is InChI=1S/C8H13N3O2/c1-6-5-11(8(12)13)7(2-3-9)4-10-6/h6-7,10H,2,4-5H2,1H3,(H,12,13)/t6-,7+/m1/s1. The minimum atomic E-state index is -0.936. The molecule has 1 heterocycles. The van der Waals surface area contributed by atoms with Crippen LogP contribution in [0.15, 0.2) is 0 Å². The van der Waals surface area contributed by atoms with Crippen molar-refractivity contribution in [2.24, 2.45) is 0 Å². The second-order valence-corrected chi connectivity index (χ2v) is 3.26. The minimum absolute atomic E-state index is 0.172. The van der Waals surface area contributed by atoms with E-state index in [9.17, 15) is 4.79 Å². The number of hydrogen-bond donors (Lipinski definition) is 2. The van der Waals surface area contributed by atoms with Gasteiger partial charge < -0.3 is 15.3 Å². The zero-order valence-corrected chi connectivity index (χ0v) is 7.53. The second kappa shape index (κ2) is 4.10. The third kappa shape index (κ3) is 2.33. The molecule has 2 N–H and O–H groups in total. The number of amides is 1. The third-order valence-corrected chi connectivity index (χ3v) is 2.19. The van der Waals surface area contributed by atoms with Crippen LogP contribution in [0.2, 0.25) is 0 Å². The van der Waals surface area contributed by atoms with E-state index in [1.165, 1.54) is 4.90 Å². The normalized spacial score (nSPS) is 28.2. The van der Waals surface area contributed by atoms with Gasteiger partial charge in [0, 0.05) is 19.1 Å². The lowest BCUT2D eigenvalue weighted by atomic mass is 10.1. The molecule has 0 aromatic carbocycles. The highest BCUT2D eigenvalue weighted by Crippen LogP contribution is 2.09. The molecule has 0 aliphatic carbocycles. The molecule has 1 aliphatic heterocycles. The van der Waals surface area contributed by atoms with Crippen LogP contribution in [0.5, 0.6) is 0 Å². The number of hydrogen-bond acceptors (Lipinski definition) is 3. The lowest BCUT2D eigenvalue weighted by Gasteiger charge is -2.36. The van der Waals surface area contributed by atoms with Gasteiger partial charge in [-0.15, -0.1) is 0 Å². The molecule has 0 unspecified atom stereocenters. The van der Waals surface area contributed by atoms with Gasteiger partial charge in [-0.3, -0.25) is 0 Å². The molecule has 1 fully saturated rings. The Bertz CT molecular complexity index is 236. The van der Waals surface area contributed by atoms with Crippen LogP contribution in [0.4, 0.5) is 4.79 Å². The molecule has 0 saturated carbocycles. The van der Waals surface area contributed by atoms with E-state index in [0.29, 0.717) is 13.1 Å². The van der Waals surface area contributed by atoms with Gasteiger partial charge in [0.25, 0.3) is 0 Å². The quantitative estimate of drug-likeness (QED) is 0.610. The van der Waals surface area contributed by atoms with Crippen molar-refractivity contribution in [3.8, 4) is 6.07 Å². The van der Waals surface area contributed by atoms with Gasteiger partial charge in [0.1, 0.15) is 0 Å². The Morgan fingerprint density at radius 3 is 3.08 bits per heavy atom. The Morgan fingerprint density at radius 2 is 2.54 bits per heavy atom. The van der Waals surface area contributed by atoms with E-state index in [0.717, 1.165) is 0 Å². The van der Waals surface area contributed by atoms with Gasteiger partial charge in [-0.05, 0) is 6.92 Å². The highest BCUT2D eigenvalue weighted by atomic mass is 16.4. The van der Waals surface area contributed by atoms with E-state index in [2.05, 4.69) is 5.32 Å². The summed E-state index contributed by atoms with van der Waals surface area (Å²) in [5.41, 5.74) is 0. The van der Waals surface area contributed by atoms with Gasteiger partial charge in [0.05, 0.1) is 18.5 Å². The Hall–Kier alpha value is -1.28. The molecule has 0 aromatic heterocycles. The largest absolute Gasteiger partial charge is 0.465 e. The van der Waals surface area contributed by atoms with Gasteiger partial charge in [-0.2, -0.15) is 5.26 Å². The number of piperazine rings is 1. The fraction of sp³-hybridized carbons (Fsp3) is 0.750. The highest BCUT2D eigenvalue weighted by molar-refractivity contribution is 5.65. The van der Waals surface area contributed by atoms with Crippen molar-refractivity contribution in [2.75, 3.05) is 13.1 Å². The fourth-order valence-electron chi connectivity index (χ4n) is 1.48. The average Bonchev–Trinajstić information content (AvgIpc) is 2.08. The van der Waals surface area contributed by atoms with Crippen LogP contribution >= 0.6 is 0 Å². The zero-order chi connectivity index (χ0) is 9.84. The van der Waals surface area contributed by atoms with E-state index in [1.807, 2.05) is 13.0 Å². The molecule has 1 rings (SSSR count). The summed E-state index contributed by atoms with van der Waals surface area (Å²) in [7, 11) is 0. The lowest BCUT2D eigenvalue weighted by Crippen LogP contribution is -2.56. The highest BCUT2D eigenvalue weighted by Gasteiger charge is 2.28. The van der Waals surface area contributed by atoms with Crippen molar-refractivity contribution in [3.63, 3.8) is 0 Å². The summed E-state index contributed by atoms with van der Waals surface area (Å²) >= 11 is 0. The van der Waals surface area contributed by atoms with Crippen LogP contribution in [-0.2, 0) is 0 Å².